The topological polar surface area (TPSA) is 22.1 Å². The van der Waals surface area contributed by atoms with Gasteiger partial charge in [-0.15, -0.1) is 11.6 Å². The Labute approximate surface area is 108 Å². The summed E-state index contributed by atoms with van der Waals surface area (Å²) in [5, 5.41) is 0. The van der Waals surface area contributed by atoms with Gasteiger partial charge in [-0.2, -0.15) is 0 Å². The fourth-order valence-electron chi connectivity index (χ4n) is 2.36. The first-order chi connectivity index (χ1) is 8.29. The van der Waals surface area contributed by atoms with Crippen molar-refractivity contribution < 1.29 is 4.74 Å². The van der Waals surface area contributed by atoms with E-state index in [1.165, 1.54) is 32.1 Å². The number of aryl methyl sites for hydroxylation is 1. The van der Waals surface area contributed by atoms with Crippen molar-refractivity contribution in [2.24, 2.45) is 5.92 Å². The number of ether oxygens (including phenoxy) is 1. The number of halogens is 1. The molecule has 1 fully saturated rings. The van der Waals surface area contributed by atoms with E-state index < -0.39 is 0 Å². The molecular weight excluding hydrogens is 234 g/mol. The van der Waals surface area contributed by atoms with Crippen molar-refractivity contribution in [2.45, 2.75) is 44.9 Å². The highest BCUT2D eigenvalue weighted by atomic mass is 35.5. The lowest BCUT2D eigenvalue weighted by molar-refractivity contribution is 0.207. The second-order valence-electron chi connectivity index (χ2n) is 4.88. The molecule has 0 radical (unpaired) electrons. The molecule has 0 aromatic carbocycles. The normalized spacial score (nSPS) is 17.1. The Balaban J connectivity index is 1.95. The van der Waals surface area contributed by atoms with Gasteiger partial charge in [0.1, 0.15) is 5.75 Å². The standard InChI is InChI=1S/C14H20ClNO/c1-11-7-14(13(8-15)9-16-11)17-10-12-5-3-2-4-6-12/h7,9,12H,2-6,8,10H2,1H3. The first kappa shape index (κ1) is 12.7. The van der Waals surface area contributed by atoms with Crippen molar-refractivity contribution in [3.8, 4) is 5.75 Å². The second kappa shape index (κ2) is 6.25. The minimum Gasteiger partial charge on any atom is -0.493 e. The van der Waals surface area contributed by atoms with Crippen LogP contribution in [0.15, 0.2) is 12.3 Å². The number of alkyl halides is 1. The van der Waals surface area contributed by atoms with Crippen molar-refractivity contribution in [1.29, 1.82) is 0 Å². The van der Waals surface area contributed by atoms with Crippen LogP contribution in [0.4, 0.5) is 0 Å². The number of pyridine rings is 1. The Kier molecular flexibility index (Phi) is 4.66. The van der Waals surface area contributed by atoms with E-state index in [1.54, 1.807) is 0 Å². The summed E-state index contributed by atoms with van der Waals surface area (Å²) in [6.45, 7) is 2.80. The van der Waals surface area contributed by atoms with Crippen LogP contribution < -0.4 is 4.74 Å². The molecule has 1 aromatic rings. The third-order valence-corrected chi connectivity index (χ3v) is 3.71. The summed E-state index contributed by atoms with van der Waals surface area (Å²) in [5.74, 6) is 2.10. The molecule has 0 N–H and O–H groups in total. The van der Waals surface area contributed by atoms with Crippen molar-refractivity contribution in [2.75, 3.05) is 6.61 Å². The van der Waals surface area contributed by atoms with Crippen LogP contribution in [0.2, 0.25) is 0 Å². The van der Waals surface area contributed by atoms with Gasteiger partial charge in [-0.25, -0.2) is 0 Å². The van der Waals surface area contributed by atoms with E-state index >= 15 is 0 Å². The largest absolute Gasteiger partial charge is 0.493 e. The Bertz CT molecular complexity index is 361. The van der Waals surface area contributed by atoms with Gasteiger partial charge in [0.25, 0.3) is 0 Å². The number of rotatable bonds is 4. The Morgan fingerprint density at radius 2 is 2.12 bits per heavy atom. The Hall–Kier alpha value is -0.760. The van der Waals surface area contributed by atoms with E-state index in [1.807, 2.05) is 19.2 Å². The van der Waals surface area contributed by atoms with E-state index in [-0.39, 0.29) is 0 Å². The molecule has 0 amide bonds. The van der Waals surface area contributed by atoms with E-state index in [0.29, 0.717) is 5.88 Å². The number of hydrogen-bond donors (Lipinski definition) is 0. The van der Waals surface area contributed by atoms with Gasteiger partial charge in [-0.3, -0.25) is 4.98 Å². The van der Waals surface area contributed by atoms with Crippen molar-refractivity contribution in [1.82, 2.24) is 4.98 Å². The van der Waals surface area contributed by atoms with Crippen LogP contribution in [0.3, 0.4) is 0 Å². The molecule has 1 aliphatic rings. The lowest BCUT2D eigenvalue weighted by atomic mass is 9.90. The highest BCUT2D eigenvalue weighted by Crippen LogP contribution is 2.26. The molecule has 1 aliphatic carbocycles. The molecule has 1 heterocycles. The second-order valence-corrected chi connectivity index (χ2v) is 5.15. The zero-order valence-electron chi connectivity index (χ0n) is 10.4. The van der Waals surface area contributed by atoms with Gasteiger partial charge in [0.2, 0.25) is 0 Å². The summed E-state index contributed by atoms with van der Waals surface area (Å²) in [5.41, 5.74) is 1.98. The average Bonchev–Trinajstić information content (AvgIpc) is 2.38. The van der Waals surface area contributed by atoms with Crippen molar-refractivity contribution in [3.05, 3.63) is 23.5 Å². The van der Waals surface area contributed by atoms with Crippen LogP contribution in [-0.2, 0) is 5.88 Å². The van der Waals surface area contributed by atoms with Gasteiger partial charge < -0.3 is 4.74 Å². The van der Waals surface area contributed by atoms with E-state index in [2.05, 4.69) is 4.98 Å². The maximum atomic E-state index is 5.92. The third-order valence-electron chi connectivity index (χ3n) is 3.42. The molecule has 3 heteroatoms. The molecular formula is C14H20ClNO. The van der Waals surface area contributed by atoms with Gasteiger partial charge in [0, 0.05) is 23.5 Å². The predicted molar refractivity (Wildman–Crippen MR) is 70.6 cm³/mol. The van der Waals surface area contributed by atoms with Crippen LogP contribution in [0.5, 0.6) is 5.75 Å². The summed E-state index contributed by atoms with van der Waals surface area (Å²) in [4.78, 5) is 4.24. The van der Waals surface area contributed by atoms with Gasteiger partial charge in [0.05, 0.1) is 12.5 Å². The summed E-state index contributed by atoms with van der Waals surface area (Å²) < 4.78 is 5.92. The molecule has 2 nitrogen and oxygen atoms in total. The summed E-state index contributed by atoms with van der Waals surface area (Å²) in [6, 6.07) is 1.99. The monoisotopic (exact) mass is 253 g/mol. The molecule has 2 rings (SSSR count). The van der Waals surface area contributed by atoms with Crippen LogP contribution in [0.25, 0.3) is 0 Å². The zero-order valence-corrected chi connectivity index (χ0v) is 11.2. The molecule has 17 heavy (non-hydrogen) atoms. The smallest absolute Gasteiger partial charge is 0.127 e. The van der Waals surface area contributed by atoms with E-state index in [4.69, 9.17) is 16.3 Å². The summed E-state index contributed by atoms with van der Waals surface area (Å²) >= 11 is 5.89. The number of nitrogens with zero attached hydrogens (tertiary/aromatic N) is 1. The Morgan fingerprint density at radius 1 is 1.35 bits per heavy atom. The third kappa shape index (κ3) is 3.60. The maximum absolute atomic E-state index is 5.92. The minimum absolute atomic E-state index is 0.466. The molecule has 0 bridgehead atoms. The first-order valence-corrected chi connectivity index (χ1v) is 6.97. The van der Waals surface area contributed by atoms with Crippen LogP contribution in [0, 0.1) is 12.8 Å². The van der Waals surface area contributed by atoms with Gasteiger partial charge >= 0.3 is 0 Å². The molecule has 0 unspecified atom stereocenters. The lowest BCUT2D eigenvalue weighted by Gasteiger charge is -2.22. The molecule has 0 saturated heterocycles. The fraction of sp³-hybridized carbons (Fsp3) is 0.643. The van der Waals surface area contributed by atoms with E-state index in [0.717, 1.165) is 29.5 Å². The molecule has 1 saturated carbocycles. The average molecular weight is 254 g/mol. The van der Waals surface area contributed by atoms with Gasteiger partial charge in [-0.05, 0) is 25.7 Å². The van der Waals surface area contributed by atoms with Gasteiger partial charge in [-0.1, -0.05) is 19.3 Å². The fourth-order valence-corrected chi connectivity index (χ4v) is 2.56. The summed E-state index contributed by atoms with van der Waals surface area (Å²) in [7, 11) is 0. The number of aromatic nitrogens is 1. The first-order valence-electron chi connectivity index (χ1n) is 6.44. The van der Waals surface area contributed by atoms with E-state index in [9.17, 15) is 0 Å². The SMILES string of the molecule is Cc1cc(OCC2CCCCC2)c(CCl)cn1. The van der Waals surface area contributed by atoms with Crippen LogP contribution in [0.1, 0.15) is 43.4 Å². The van der Waals surface area contributed by atoms with Crippen molar-refractivity contribution in [3.63, 3.8) is 0 Å². The lowest BCUT2D eigenvalue weighted by Crippen LogP contribution is -2.15. The predicted octanol–water partition coefficient (Wildman–Crippen LogP) is 4.09. The maximum Gasteiger partial charge on any atom is 0.127 e. The highest BCUT2D eigenvalue weighted by molar-refractivity contribution is 6.17. The minimum atomic E-state index is 0.466. The molecule has 94 valence electrons. The zero-order chi connectivity index (χ0) is 12.1. The molecule has 1 aromatic heterocycles. The highest BCUT2D eigenvalue weighted by Gasteiger charge is 2.14. The number of hydrogen-bond acceptors (Lipinski definition) is 2. The van der Waals surface area contributed by atoms with Gasteiger partial charge in [0.15, 0.2) is 0 Å². The molecule has 0 atom stereocenters. The summed E-state index contributed by atoms with van der Waals surface area (Å²) in [6.07, 6.45) is 8.52. The van der Waals surface area contributed by atoms with Crippen molar-refractivity contribution >= 4 is 11.6 Å². The Morgan fingerprint density at radius 3 is 2.82 bits per heavy atom. The van der Waals surface area contributed by atoms with Crippen LogP contribution in [-0.4, -0.2) is 11.6 Å². The molecule has 0 aliphatic heterocycles. The van der Waals surface area contributed by atoms with Crippen LogP contribution >= 0.6 is 11.6 Å². The molecule has 0 spiro atoms. The quantitative estimate of drug-likeness (QED) is 0.754.